The number of hydrogen-bond acceptors (Lipinski definition) is 3. The molecule has 1 aromatic carbocycles. The molecule has 18 heavy (non-hydrogen) atoms. The molecule has 1 atom stereocenters. The minimum absolute atomic E-state index is 0.337. The fraction of sp³-hybridized carbons (Fsp3) is 0.500. The molecule has 1 aliphatic rings. The molecule has 1 unspecified atom stereocenters. The SMILES string of the molecule is CNCC1CCN(Cc2ccccc2C(N)=O)C1. The van der Waals surface area contributed by atoms with Crippen molar-refractivity contribution in [2.24, 2.45) is 11.7 Å². The lowest BCUT2D eigenvalue weighted by Gasteiger charge is -2.17. The van der Waals surface area contributed by atoms with Gasteiger partial charge in [-0.25, -0.2) is 0 Å². The Morgan fingerprint density at radius 1 is 1.50 bits per heavy atom. The van der Waals surface area contributed by atoms with Crippen LogP contribution < -0.4 is 11.1 Å². The third-order valence-corrected chi connectivity index (χ3v) is 3.54. The van der Waals surface area contributed by atoms with E-state index in [9.17, 15) is 4.79 Å². The highest BCUT2D eigenvalue weighted by molar-refractivity contribution is 5.94. The number of nitrogens with one attached hydrogen (secondary N) is 1. The first-order valence-electron chi connectivity index (χ1n) is 6.45. The molecule has 3 N–H and O–H groups in total. The van der Waals surface area contributed by atoms with Gasteiger partial charge in [0.2, 0.25) is 5.91 Å². The van der Waals surface area contributed by atoms with Crippen LogP contribution in [0.2, 0.25) is 0 Å². The largest absolute Gasteiger partial charge is 0.366 e. The molecule has 1 fully saturated rings. The van der Waals surface area contributed by atoms with E-state index in [0.29, 0.717) is 5.56 Å². The summed E-state index contributed by atoms with van der Waals surface area (Å²) in [6, 6.07) is 7.62. The van der Waals surface area contributed by atoms with Gasteiger partial charge in [-0.3, -0.25) is 9.69 Å². The number of rotatable bonds is 5. The van der Waals surface area contributed by atoms with Crippen molar-refractivity contribution in [1.29, 1.82) is 0 Å². The molecule has 0 bridgehead atoms. The van der Waals surface area contributed by atoms with Gasteiger partial charge < -0.3 is 11.1 Å². The highest BCUT2D eigenvalue weighted by Crippen LogP contribution is 2.19. The van der Waals surface area contributed by atoms with Gasteiger partial charge in [0.05, 0.1) is 0 Å². The average molecular weight is 247 g/mol. The van der Waals surface area contributed by atoms with Gasteiger partial charge >= 0.3 is 0 Å². The van der Waals surface area contributed by atoms with Crippen molar-refractivity contribution in [3.05, 3.63) is 35.4 Å². The number of carbonyl (C=O) groups excluding carboxylic acids is 1. The summed E-state index contributed by atoms with van der Waals surface area (Å²) in [5.74, 6) is 0.382. The van der Waals surface area contributed by atoms with Crippen LogP contribution in [0.3, 0.4) is 0 Å². The molecule has 1 aromatic rings. The third kappa shape index (κ3) is 3.09. The predicted octanol–water partition coefficient (Wildman–Crippen LogP) is 0.827. The molecule has 1 aliphatic heterocycles. The maximum Gasteiger partial charge on any atom is 0.249 e. The summed E-state index contributed by atoms with van der Waals surface area (Å²) in [5.41, 5.74) is 7.08. The van der Waals surface area contributed by atoms with Crippen LogP contribution in [-0.4, -0.2) is 37.5 Å². The number of carbonyl (C=O) groups is 1. The van der Waals surface area contributed by atoms with Gasteiger partial charge in [0, 0.05) is 18.7 Å². The molecule has 0 radical (unpaired) electrons. The van der Waals surface area contributed by atoms with Crippen LogP contribution in [0.5, 0.6) is 0 Å². The van der Waals surface area contributed by atoms with Gasteiger partial charge in [-0.15, -0.1) is 0 Å². The maximum atomic E-state index is 11.4. The second-order valence-electron chi connectivity index (χ2n) is 4.97. The lowest BCUT2D eigenvalue weighted by Crippen LogP contribution is -2.25. The van der Waals surface area contributed by atoms with E-state index in [-0.39, 0.29) is 5.91 Å². The van der Waals surface area contributed by atoms with Crippen molar-refractivity contribution in [3.8, 4) is 0 Å². The molecule has 4 nitrogen and oxygen atoms in total. The molecule has 1 saturated heterocycles. The van der Waals surface area contributed by atoms with E-state index in [4.69, 9.17) is 5.73 Å². The van der Waals surface area contributed by atoms with E-state index in [1.807, 2.05) is 25.2 Å². The standard InChI is InChI=1S/C14H21N3O/c1-16-8-11-6-7-17(9-11)10-12-4-2-3-5-13(12)14(15)18/h2-5,11,16H,6-10H2,1H3,(H2,15,18). The summed E-state index contributed by atoms with van der Waals surface area (Å²) in [6.45, 7) is 4.07. The van der Waals surface area contributed by atoms with E-state index in [1.54, 1.807) is 6.07 Å². The van der Waals surface area contributed by atoms with Crippen LogP contribution >= 0.6 is 0 Å². The third-order valence-electron chi connectivity index (χ3n) is 3.54. The summed E-state index contributed by atoms with van der Waals surface area (Å²) < 4.78 is 0. The topological polar surface area (TPSA) is 58.4 Å². The van der Waals surface area contributed by atoms with Gasteiger partial charge in [0.25, 0.3) is 0 Å². The summed E-state index contributed by atoms with van der Waals surface area (Å²) in [7, 11) is 1.99. The molecule has 0 aromatic heterocycles. The fourth-order valence-corrected chi connectivity index (χ4v) is 2.65. The number of likely N-dealkylation sites (tertiary alicyclic amines) is 1. The first kappa shape index (κ1) is 13.1. The zero-order chi connectivity index (χ0) is 13.0. The lowest BCUT2D eigenvalue weighted by molar-refractivity contribution is 0.0998. The zero-order valence-electron chi connectivity index (χ0n) is 10.9. The van der Waals surface area contributed by atoms with E-state index in [0.717, 1.165) is 37.7 Å². The fourth-order valence-electron chi connectivity index (χ4n) is 2.65. The zero-order valence-corrected chi connectivity index (χ0v) is 10.9. The highest BCUT2D eigenvalue weighted by Gasteiger charge is 2.22. The van der Waals surface area contributed by atoms with Crippen LogP contribution in [0.25, 0.3) is 0 Å². The smallest absolute Gasteiger partial charge is 0.249 e. The van der Waals surface area contributed by atoms with Crippen LogP contribution in [-0.2, 0) is 6.54 Å². The number of hydrogen-bond donors (Lipinski definition) is 2. The first-order chi connectivity index (χ1) is 8.70. The monoisotopic (exact) mass is 247 g/mol. The van der Waals surface area contributed by atoms with Crippen LogP contribution in [0.4, 0.5) is 0 Å². The van der Waals surface area contributed by atoms with Crippen molar-refractivity contribution < 1.29 is 4.79 Å². The Hall–Kier alpha value is -1.39. The van der Waals surface area contributed by atoms with Crippen LogP contribution in [0, 0.1) is 5.92 Å². The van der Waals surface area contributed by atoms with Crippen LogP contribution in [0.1, 0.15) is 22.3 Å². The maximum absolute atomic E-state index is 11.4. The lowest BCUT2D eigenvalue weighted by atomic mass is 10.1. The normalized spacial score (nSPS) is 20.2. The summed E-state index contributed by atoms with van der Waals surface area (Å²) in [5, 5.41) is 3.22. The van der Waals surface area contributed by atoms with Crippen molar-refractivity contribution in [2.45, 2.75) is 13.0 Å². The van der Waals surface area contributed by atoms with Gasteiger partial charge in [-0.2, -0.15) is 0 Å². The number of nitrogens with two attached hydrogens (primary N) is 1. The van der Waals surface area contributed by atoms with E-state index in [2.05, 4.69) is 10.2 Å². The number of benzene rings is 1. The highest BCUT2D eigenvalue weighted by atomic mass is 16.1. The quantitative estimate of drug-likeness (QED) is 0.810. The van der Waals surface area contributed by atoms with Crippen molar-refractivity contribution in [3.63, 3.8) is 0 Å². The van der Waals surface area contributed by atoms with Crippen molar-refractivity contribution >= 4 is 5.91 Å². The Morgan fingerprint density at radius 2 is 2.28 bits per heavy atom. The number of amides is 1. The molecular formula is C14H21N3O. The molecule has 98 valence electrons. The molecule has 0 spiro atoms. The molecular weight excluding hydrogens is 226 g/mol. The van der Waals surface area contributed by atoms with Crippen molar-refractivity contribution in [2.75, 3.05) is 26.7 Å². The van der Waals surface area contributed by atoms with E-state index >= 15 is 0 Å². The van der Waals surface area contributed by atoms with E-state index in [1.165, 1.54) is 6.42 Å². The minimum atomic E-state index is -0.337. The molecule has 4 heteroatoms. The average Bonchev–Trinajstić information content (AvgIpc) is 2.77. The molecule has 1 heterocycles. The molecule has 0 saturated carbocycles. The Balaban J connectivity index is 2.00. The second-order valence-corrected chi connectivity index (χ2v) is 4.97. The van der Waals surface area contributed by atoms with Gasteiger partial charge in [0.1, 0.15) is 0 Å². The van der Waals surface area contributed by atoms with Crippen LogP contribution in [0.15, 0.2) is 24.3 Å². The molecule has 0 aliphatic carbocycles. The molecule has 1 amide bonds. The van der Waals surface area contributed by atoms with Crippen molar-refractivity contribution in [1.82, 2.24) is 10.2 Å². The minimum Gasteiger partial charge on any atom is -0.366 e. The van der Waals surface area contributed by atoms with Gasteiger partial charge in [-0.05, 0) is 44.1 Å². The summed E-state index contributed by atoms with van der Waals surface area (Å²) in [4.78, 5) is 13.7. The number of primary amides is 1. The Kier molecular flexibility index (Phi) is 4.33. The Labute approximate surface area is 108 Å². The first-order valence-corrected chi connectivity index (χ1v) is 6.45. The number of nitrogens with zero attached hydrogens (tertiary/aromatic N) is 1. The summed E-state index contributed by atoms with van der Waals surface area (Å²) >= 11 is 0. The Morgan fingerprint density at radius 3 is 3.00 bits per heavy atom. The summed E-state index contributed by atoms with van der Waals surface area (Å²) in [6.07, 6.45) is 1.22. The van der Waals surface area contributed by atoms with E-state index < -0.39 is 0 Å². The van der Waals surface area contributed by atoms with Gasteiger partial charge in [-0.1, -0.05) is 18.2 Å². The molecule has 2 rings (SSSR count). The predicted molar refractivity (Wildman–Crippen MR) is 72.3 cm³/mol. The Bertz CT molecular complexity index is 419. The van der Waals surface area contributed by atoms with Gasteiger partial charge in [0.15, 0.2) is 0 Å². The second kappa shape index (κ2) is 5.98.